The van der Waals surface area contributed by atoms with Crippen LogP contribution in [0.15, 0.2) is 48.8 Å². The molecule has 0 aliphatic heterocycles. The second-order valence-corrected chi connectivity index (χ2v) is 5.41. The maximum Gasteiger partial charge on any atom is 0.309 e. The lowest BCUT2D eigenvalue weighted by Gasteiger charge is -2.26. The van der Waals surface area contributed by atoms with E-state index in [1.54, 1.807) is 42.6 Å². The van der Waals surface area contributed by atoms with Crippen molar-refractivity contribution in [3.8, 4) is 0 Å². The molecule has 0 saturated heterocycles. The summed E-state index contributed by atoms with van der Waals surface area (Å²) in [5.41, 5.74) is 2.02. The minimum absolute atomic E-state index is 0.150. The largest absolute Gasteiger partial charge is 0.755 e. The fraction of sp³-hybridized carbons (Fsp3) is 0.200. The molecule has 2 rings (SSSR count). The molecule has 0 aliphatic rings. The Morgan fingerprint density at radius 3 is 2.73 bits per heavy atom. The smallest absolute Gasteiger partial charge is 0.309 e. The monoisotopic (exact) mass is 319 g/mol. The molecular formula is C15H15N2O4S-. The van der Waals surface area contributed by atoms with Crippen molar-refractivity contribution in [3.05, 3.63) is 59.9 Å². The zero-order valence-corrected chi connectivity index (χ0v) is 12.8. The first-order valence-corrected chi connectivity index (χ1v) is 7.55. The van der Waals surface area contributed by atoms with Crippen LogP contribution in [0.4, 0.5) is 5.69 Å². The van der Waals surface area contributed by atoms with Gasteiger partial charge in [0.05, 0.1) is 32.0 Å². The van der Waals surface area contributed by atoms with Crippen LogP contribution in [0.2, 0.25) is 0 Å². The predicted molar refractivity (Wildman–Crippen MR) is 81.5 cm³/mol. The highest BCUT2D eigenvalue weighted by Crippen LogP contribution is 2.18. The third-order valence-corrected chi connectivity index (χ3v) is 3.71. The van der Waals surface area contributed by atoms with E-state index in [1.807, 2.05) is 0 Å². The molecule has 0 aliphatic carbocycles. The van der Waals surface area contributed by atoms with Crippen LogP contribution in [-0.2, 0) is 33.8 Å². The normalized spacial score (nSPS) is 11.7. The summed E-state index contributed by atoms with van der Waals surface area (Å²) >= 11 is -2.42. The molecule has 0 saturated carbocycles. The van der Waals surface area contributed by atoms with E-state index in [0.717, 1.165) is 11.1 Å². The van der Waals surface area contributed by atoms with Gasteiger partial charge in [-0.1, -0.05) is 24.3 Å². The lowest BCUT2D eigenvalue weighted by Crippen LogP contribution is -2.25. The van der Waals surface area contributed by atoms with Crippen LogP contribution in [-0.4, -0.2) is 26.8 Å². The minimum Gasteiger partial charge on any atom is -0.755 e. The predicted octanol–water partition coefficient (Wildman–Crippen LogP) is 1.60. The van der Waals surface area contributed by atoms with Crippen LogP contribution < -0.4 is 4.31 Å². The van der Waals surface area contributed by atoms with Gasteiger partial charge in [-0.15, -0.1) is 0 Å². The first kappa shape index (κ1) is 16.1. The molecule has 1 aromatic carbocycles. The van der Waals surface area contributed by atoms with Crippen LogP contribution in [0.3, 0.4) is 0 Å². The van der Waals surface area contributed by atoms with Crippen molar-refractivity contribution in [3.63, 3.8) is 0 Å². The summed E-state index contributed by atoms with van der Waals surface area (Å²) in [4.78, 5) is 15.2. The van der Waals surface area contributed by atoms with Crippen LogP contribution in [0, 0.1) is 0 Å². The molecule has 0 amide bonds. The number of nitrogens with zero attached hydrogens (tertiary/aromatic N) is 2. The number of carbonyl (C=O) groups is 1. The maximum absolute atomic E-state index is 11.4. The van der Waals surface area contributed by atoms with Crippen molar-refractivity contribution >= 4 is 22.9 Å². The highest BCUT2D eigenvalue weighted by atomic mass is 32.2. The Balaban J connectivity index is 2.19. The van der Waals surface area contributed by atoms with Crippen molar-refractivity contribution in [2.45, 2.75) is 13.0 Å². The average molecular weight is 319 g/mol. The van der Waals surface area contributed by atoms with Gasteiger partial charge in [0.1, 0.15) is 0 Å². The van der Waals surface area contributed by atoms with E-state index in [4.69, 9.17) is 0 Å². The summed E-state index contributed by atoms with van der Waals surface area (Å²) < 4.78 is 28.7. The van der Waals surface area contributed by atoms with Crippen molar-refractivity contribution in [2.75, 3.05) is 11.4 Å². The molecule has 1 atom stereocenters. The molecule has 7 heteroatoms. The van der Waals surface area contributed by atoms with E-state index in [1.165, 1.54) is 17.6 Å². The third kappa shape index (κ3) is 4.37. The Kier molecular flexibility index (Phi) is 5.62. The van der Waals surface area contributed by atoms with Gasteiger partial charge in [-0.25, -0.2) is 0 Å². The number of ether oxygens (including phenoxy) is 1. The number of pyridine rings is 1. The van der Waals surface area contributed by atoms with Gasteiger partial charge >= 0.3 is 5.97 Å². The second kappa shape index (κ2) is 7.67. The zero-order chi connectivity index (χ0) is 15.9. The van der Waals surface area contributed by atoms with Gasteiger partial charge in [-0.2, -0.15) is 0 Å². The standard InChI is InChI=1S/C15H16N2O4S/c1-21-15(18)9-12-4-2-5-13(8-12)11-17(22(19)20)14-6-3-7-16-10-14/h2-8,10H,9,11H2,1H3,(H,19,20)/p-1. The van der Waals surface area contributed by atoms with E-state index >= 15 is 0 Å². The number of hydrogen-bond donors (Lipinski definition) is 0. The van der Waals surface area contributed by atoms with Gasteiger partial charge in [0.2, 0.25) is 0 Å². The SMILES string of the molecule is COC(=O)Cc1cccc(CN(c2cccnc2)S(=O)[O-])c1. The summed E-state index contributed by atoms with van der Waals surface area (Å²) in [5.74, 6) is -0.339. The van der Waals surface area contributed by atoms with Crippen LogP contribution in [0.5, 0.6) is 0 Å². The van der Waals surface area contributed by atoms with Gasteiger partial charge in [-0.3, -0.25) is 18.3 Å². The summed E-state index contributed by atoms with van der Waals surface area (Å²) in [6, 6.07) is 10.5. The maximum atomic E-state index is 11.4. The van der Waals surface area contributed by atoms with Gasteiger partial charge in [-0.05, 0) is 23.3 Å². The van der Waals surface area contributed by atoms with Gasteiger partial charge in [0, 0.05) is 17.5 Å². The van der Waals surface area contributed by atoms with Crippen molar-refractivity contribution in [1.82, 2.24) is 4.98 Å². The first-order valence-electron chi connectivity index (χ1n) is 6.51. The fourth-order valence-corrected chi connectivity index (χ4v) is 2.51. The molecule has 116 valence electrons. The van der Waals surface area contributed by atoms with Gasteiger partial charge in [0.15, 0.2) is 0 Å². The first-order chi connectivity index (χ1) is 10.6. The molecule has 0 spiro atoms. The van der Waals surface area contributed by atoms with Gasteiger partial charge < -0.3 is 9.29 Å². The fourth-order valence-electron chi connectivity index (χ4n) is 1.97. The molecular weight excluding hydrogens is 304 g/mol. The third-order valence-electron chi connectivity index (χ3n) is 3.01. The van der Waals surface area contributed by atoms with Crippen LogP contribution in [0.1, 0.15) is 11.1 Å². The number of esters is 1. The Bertz CT molecular complexity index is 664. The summed E-state index contributed by atoms with van der Waals surface area (Å²) in [6.07, 6.45) is 3.21. The molecule has 22 heavy (non-hydrogen) atoms. The number of hydrogen-bond acceptors (Lipinski definition) is 5. The molecule has 1 unspecified atom stereocenters. The van der Waals surface area contributed by atoms with Crippen molar-refractivity contribution < 1.29 is 18.3 Å². The van der Waals surface area contributed by atoms with Crippen LogP contribution in [0.25, 0.3) is 0 Å². The minimum atomic E-state index is -2.42. The second-order valence-electron chi connectivity index (χ2n) is 4.54. The van der Waals surface area contributed by atoms with Gasteiger partial charge in [0.25, 0.3) is 0 Å². The number of benzene rings is 1. The molecule has 0 fully saturated rings. The number of rotatable bonds is 6. The molecule has 0 radical (unpaired) electrons. The quantitative estimate of drug-likeness (QED) is 0.596. The highest BCUT2D eigenvalue weighted by molar-refractivity contribution is 7.80. The Morgan fingerprint density at radius 2 is 2.09 bits per heavy atom. The zero-order valence-electron chi connectivity index (χ0n) is 12.0. The number of aromatic nitrogens is 1. The van der Waals surface area contributed by atoms with E-state index in [9.17, 15) is 13.6 Å². The lowest BCUT2D eigenvalue weighted by atomic mass is 10.1. The van der Waals surface area contributed by atoms with E-state index in [0.29, 0.717) is 5.69 Å². The topological polar surface area (TPSA) is 82.6 Å². The number of anilines is 1. The number of methoxy groups -OCH3 is 1. The highest BCUT2D eigenvalue weighted by Gasteiger charge is 2.10. The molecule has 2 aromatic rings. The van der Waals surface area contributed by atoms with E-state index < -0.39 is 11.3 Å². The van der Waals surface area contributed by atoms with Crippen molar-refractivity contribution in [2.24, 2.45) is 0 Å². The summed E-state index contributed by atoms with van der Waals surface area (Å²) in [6.45, 7) is 0.164. The lowest BCUT2D eigenvalue weighted by molar-refractivity contribution is -0.139. The Morgan fingerprint density at radius 1 is 1.32 bits per heavy atom. The molecule has 0 N–H and O–H groups in total. The summed E-state index contributed by atoms with van der Waals surface area (Å²) in [5, 5.41) is 0. The van der Waals surface area contributed by atoms with E-state index in [2.05, 4.69) is 9.72 Å². The molecule has 0 bridgehead atoms. The Hall–Kier alpha value is -2.25. The van der Waals surface area contributed by atoms with E-state index in [-0.39, 0.29) is 18.9 Å². The van der Waals surface area contributed by atoms with Crippen LogP contribution >= 0.6 is 0 Å². The molecule has 1 heterocycles. The number of carbonyl (C=O) groups excluding carboxylic acids is 1. The molecule has 1 aromatic heterocycles. The molecule has 6 nitrogen and oxygen atoms in total. The van der Waals surface area contributed by atoms with Crippen molar-refractivity contribution in [1.29, 1.82) is 0 Å². The Labute approximate surface area is 131 Å². The summed E-state index contributed by atoms with van der Waals surface area (Å²) in [7, 11) is 1.33. The average Bonchev–Trinajstić information content (AvgIpc) is 2.53.